The minimum Gasteiger partial charge on any atom is -0.494 e. The van der Waals surface area contributed by atoms with Crippen LogP contribution in [0.4, 0.5) is 0 Å². The summed E-state index contributed by atoms with van der Waals surface area (Å²) in [6, 6.07) is 9.59. The Balaban J connectivity index is 1.67. The average Bonchev–Trinajstić information content (AvgIpc) is 2.81. The molecule has 2 N–H and O–H groups in total. The summed E-state index contributed by atoms with van der Waals surface area (Å²) in [6.45, 7) is 1.19. The maximum Gasteiger partial charge on any atom is 0.282 e. The quantitative estimate of drug-likeness (QED) is 0.796. The molecule has 1 aromatic rings. The summed E-state index contributed by atoms with van der Waals surface area (Å²) < 4.78 is 10.6. The predicted molar refractivity (Wildman–Crippen MR) is 67.2 cm³/mol. The van der Waals surface area contributed by atoms with Crippen LogP contribution in [0.15, 0.2) is 29.3 Å². The second kappa shape index (κ2) is 5.92. The minimum atomic E-state index is 0.162. The molecule has 0 radical (unpaired) electrons. The Morgan fingerprint density at radius 1 is 1.44 bits per heavy atom. The van der Waals surface area contributed by atoms with Gasteiger partial charge in [0.2, 0.25) is 0 Å². The average molecular weight is 245 g/mol. The van der Waals surface area contributed by atoms with Crippen molar-refractivity contribution in [2.75, 3.05) is 13.2 Å². The molecule has 18 heavy (non-hydrogen) atoms. The molecule has 1 atom stereocenters. The van der Waals surface area contributed by atoms with E-state index in [4.69, 9.17) is 20.5 Å². The monoisotopic (exact) mass is 245 g/mol. The second-order valence-corrected chi connectivity index (χ2v) is 4.06. The Morgan fingerprint density at radius 2 is 2.22 bits per heavy atom. The van der Waals surface area contributed by atoms with Crippen molar-refractivity contribution in [2.24, 2.45) is 10.7 Å². The van der Waals surface area contributed by atoms with Crippen molar-refractivity contribution in [1.82, 2.24) is 0 Å². The van der Waals surface area contributed by atoms with E-state index in [1.807, 2.05) is 0 Å². The summed E-state index contributed by atoms with van der Waals surface area (Å²) in [4.78, 5) is 4.14. The van der Waals surface area contributed by atoms with Crippen LogP contribution in [0.2, 0.25) is 0 Å². The molecular formula is C13H15N3O2. The van der Waals surface area contributed by atoms with Gasteiger partial charge in [-0.1, -0.05) is 0 Å². The Kier molecular flexibility index (Phi) is 4.02. The van der Waals surface area contributed by atoms with E-state index in [9.17, 15) is 0 Å². The molecule has 94 valence electrons. The standard InChI is InChI=1S/C13H15N3O2/c14-8-10-3-5-12(6-4-10)17-7-1-2-11-9-18-13(15)16-11/h3-6,11H,1-2,7,9H2,(H2,15,16)/t11-/m0/s1. The maximum atomic E-state index is 8.66. The Labute approximate surface area is 106 Å². The van der Waals surface area contributed by atoms with Gasteiger partial charge in [-0.3, -0.25) is 0 Å². The molecule has 2 rings (SSSR count). The van der Waals surface area contributed by atoms with Crippen molar-refractivity contribution in [3.63, 3.8) is 0 Å². The summed E-state index contributed by atoms with van der Waals surface area (Å²) >= 11 is 0. The van der Waals surface area contributed by atoms with E-state index in [0.29, 0.717) is 18.8 Å². The number of nitriles is 1. The molecule has 0 aliphatic carbocycles. The number of hydrogen-bond acceptors (Lipinski definition) is 5. The Bertz CT molecular complexity index is 462. The van der Waals surface area contributed by atoms with E-state index in [1.165, 1.54) is 0 Å². The molecular weight excluding hydrogens is 230 g/mol. The van der Waals surface area contributed by atoms with Crippen molar-refractivity contribution < 1.29 is 9.47 Å². The first-order valence-electron chi connectivity index (χ1n) is 5.87. The van der Waals surface area contributed by atoms with Gasteiger partial charge in [0.05, 0.1) is 24.3 Å². The van der Waals surface area contributed by atoms with Gasteiger partial charge in [0.15, 0.2) is 0 Å². The number of amidine groups is 1. The van der Waals surface area contributed by atoms with Crippen LogP contribution in [0.1, 0.15) is 18.4 Å². The summed E-state index contributed by atoms with van der Waals surface area (Å²) in [5.41, 5.74) is 6.05. The molecule has 0 unspecified atom stereocenters. The normalized spacial score (nSPS) is 17.7. The molecule has 0 aromatic heterocycles. The van der Waals surface area contributed by atoms with Gasteiger partial charge in [-0.2, -0.15) is 5.26 Å². The summed E-state index contributed by atoms with van der Waals surface area (Å²) in [6.07, 6.45) is 1.79. The van der Waals surface area contributed by atoms with E-state index in [0.717, 1.165) is 18.6 Å². The predicted octanol–water partition coefficient (Wildman–Crippen LogP) is 1.43. The van der Waals surface area contributed by atoms with E-state index in [-0.39, 0.29) is 12.1 Å². The molecule has 0 fully saturated rings. The highest BCUT2D eigenvalue weighted by Crippen LogP contribution is 2.13. The van der Waals surface area contributed by atoms with Crippen molar-refractivity contribution in [3.8, 4) is 11.8 Å². The van der Waals surface area contributed by atoms with E-state index < -0.39 is 0 Å². The highest BCUT2D eigenvalue weighted by molar-refractivity contribution is 5.72. The molecule has 0 bridgehead atoms. The van der Waals surface area contributed by atoms with Crippen molar-refractivity contribution in [1.29, 1.82) is 5.26 Å². The van der Waals surface area contributed by atoms with Gasteiger partial charge in [-0.25, -0.2) is 4.99 Å². The van der Waals surface area contributed by atoms with Gasteiger partial charge in [-0.15, -0.1) is 0 Å². The molecule has 0 amide bonds. The van der Waals surface area contributed by atoms with Crippen LogP contribution in [0.25, 0.3) is 0 Å². The van der Waals surface area contributed by atoms with Crippen LogP contribution in [0.5, 0.6) is 5.75 Å². The summed E-state index contributed by atoms with van der Waals surface area (Å²) in [5, 5.41) is 8.66. The van der Waals surface area contributed by atoms with E-state index in [2.05, 4.69) is 11.1 Å². The smallest absolute Gasteiger partial charge is 0.282 e. The zero-order valence-electron chi connectivity index (χ0n) is 10.0. The first-order valence-corrected chi connectivity index (χ1v) is 5.87. The zero-order valence-corrected chi connectivity index (χ0v) is 10.0. The van der Waals surface area contributed by atoms with Gasteiger partial charge >= 0.3 is 0 Å². The highest BCUT2D eigenvalue weighted by atomic mass is 16.5. The lowest BCUT2D eigenvalue weighted by Gasteiger charge is -2.07. The molecule has 1 aliphatic rings. The number of nitrogens with zero attached hydrogens (tertiary/aromatic N) is 2. The van der Waals surface area contributed by atoms with Crippen LogP contribution < -0.4 is 10.5 Å². The van der Waals surface area contributed by atoms with Crippen molar-refractivity contribution in [3.05, 3.63) is 29.8 Å². The first-order chi connectivity index (χ1) is 8.78. The lowest BCUT2D eigenvalue weighted by atomic mass is 10.2. The van der Waals surface area contributed by atoms with Gasteiger partial charge < -0.3 is 15.2 Å². The maximum absolute atomic E-state index is 8.66. The van der Waals surface area contributed by atoms with Gasteiger partial charge in [0, 0.05) is 0 Å². The molecule has 1 aromatic carbocycles. The third kappa shape index (κ3) is 3.39. The number of benzene rings is 1. The summed E-state index contributed by atoms with van der Waals surface area (Å²) in [5.74, 6) is 0.777. The number of rotatable bonds is 5. The minimum absolute atomic E-state index is 0.162. The van der Waals surface area contributed by atoms with Crippen LogP contribution in [-0.4, -0.2) is 25.3 Å². The molecule has 0 saturated heterocycles. The van der Waals surface area contributed by atoms with E-state index in [1.54, 1.807) is 24.3 Å². The number of aliphatic imine (C=N–C) groups is 1. The fourth-order valence-corrected chi connectivity index (χ4v) is 1.72. The lowest BCUT2D eigenvalue weighted by Crippen LogP contribution is -2.10. The van der Waals surface area contributed by atoms with Crippen LogP contribution in [-0.2, 0) is 4.74 Å². The molecule has 0 spiro atoms. The first kappa shape index (κ1) is 12.2. The largest absolute Gasteiger partial charge is 0.494 e. The summed E-state index contributed by atoms with van der Waals surface area (Å²) in [7, 11) is 0. The number of nitrogens with two attached hydrogens (primary N) is 1. The van der Waals surface area contributed by atoms with E-state index >= 15 is 0 Å². The zero-order chi connectivity index (χ0) is 12.8. The van der Waals surface area contributed by atoms with Crippen LogP contribution >= 0.6 is 0 Å². The van der Waals surface area contributed by atoms with Crippen LogP contribution in [0, 0.1) is 11.3 Å². The van der Waals surface area contributed by atoms with Gasteiger partial charge in [-0.05, 0) is 37.1 Å². The fourth-order valence-electron chi connectivity index (χ4n) is 1.72. The van der Waals surface area contributed by atoms with Crippen molar-refractivity contribution >= 4 is 6.02 Å². The Hall–Kier alpha value is -2.22. The molecule has 1 aliphatic heterocycles. The SMILES string of the molecule is N#Cc1ccc(OCCC[C@H]2COC(N)=N2)cc1. The topological polar surface area (TPSA) is 80.6 Å². The molecule has 1 heterocycles. The fraction of sp³-hybridized carbons (Fsp3) is 0.385. The van der Waals surface area contributed by atoms with Gasteiger partial charge in [0.1, 0.15) is 12.4 Å². The number of hydrogen-bond donors (Lipinski definition) is 1. The highest BCUT2D eigenvalue weighted by Gasteiger charge is 2.15. The Morgan fingerprint density at radius 3 is 2.83 bits per heavy atom. The molecule has 5 heteroatoms. The van der Waals surface area contributed by atoms with Crippen LogP contribution in [0.3, 0.4) is 0 Å². The number of ether oxygens (including phenoxy) is 2. The van der Waals surface area contributed by atoms with Crippen molar-refractivity contribution in [2.45, 2.75) is 18.9 Å². The lowest BCUT2D eigenvalue weighted by molar-refractivity contribution is 0.278. The third-order valence-electron chi connectivity index (χ3n) is 2.67. The molecule has 0 saturated carbocycles. The third-order valence-corrected chi connectivity index (χ3v) is 2.67. The molecule has 5 nitrogen and oxygen atoms in total. The second-order valence-electron chi connectivity index (χ2n) is 4.06. The van der Waals surface area contributed by atoms with Gasteiger partial charge in [0.25, 0.3) is 6.02 Å².